The van der Waals surface area contributed by atoms with Crippen LogP contribution in [0.25, 0.3) is 22.4 Å². The van der Waals surface area contributed by atoms with Gasteiger partial charge in [-0.15, -0.1) is 10.2 Å². The summed E-state index contributed by atoms with van der Waals surface area (Å²) in [5.74, 6) is 0.361. The molecule has 20 heavy (non-hydrogen) atoms. The van der Waals surface area contributed by atoms with Gasteiger partial charge in [-0.25, -0.2) is 13.6 Å². The number of para-hydroxylation sites is 1. The molecular formula is C11H10N6O2S. The van der Waals surface area contributed by atoms with Crippen LogP contribution in [-0.2, 0) is 17.1 Å². The van der Waals surface area contributed by atoms with Crippen molar-refractivity contribution >= 4 is 21.1 Å². The number of aromatic nitrogens is 5. The quantitative estimate of drug-likeness (QED) is 0.714. The zero-order valence-electron chi connectivity index (χ0n) is 10.4. The molecule has 9 heteroatoms. The summed E-state index contributed by atoms with van der Waals surface area (Å²) in [7, 11) is -2.39. The molecule has 8 nitrogen and oxygen atoms in total. The summed E-state index contributed by atoms with van der Waals surface area (Å²) < 4.78 is 24.1. The van der Waals surface area contributed by atoms with E-state index in [1.54, 1.807) is 24.5 Å². The molecule has 0 spiro atoms. The molecule has 0 saturated carbocycles. The van der Waals surface area contributed by atoms with Gasteiger partial charge in [0.05, 0.1) is 11.0 Å². The molecule has 102 valence electrons. The Labute approximate surface area is 114 Å². The predicted octanol–water partition coefficient (Wildman–Crippen LogP) is 0.0727. The van der Waals surface area contributed by atoms with Gasteiger partial charge < -0.3 is 0 Å². The highest BCUT2D eigenvalue weighted by atomic mass is 32.2. The first-order valence-corrected chi connectivity index (χ1v) is 7.15. The number of rotatable bonds is 2. The molecule has 0 amide bonds. The third-order valence-electron chi connectivity index (χ3n) is 2.83. The Bertz CT molecular complexity index is 897. The second kappa shape index (κ2) is 4.32. The van der Waals surface area contributed by atoms with Crippen LogP contribution in [0.5, 0.6) is 0 Å². The molecule has 0 aliphatic carbocycles. The van der Waals surface area contributed by atoms with E-state index in [2.05, 4.69) is 20.2 Å². The van der Waals surface area contributed by atoms with Gasteiger partial charge in [0.1, 0.15) is 0 Å². The summed E-state index contributed by atoms with van der Waals surface area (Å²) in [6.45, 7) is 0. The van der Waals surface area contributed by atoms with Gasteiger partial charge in [0.2, 0.25) is 0 Å². The monoisotopic (exact) mass is 290 g/mol. The second-order valence-electron chi connectivity index (χ2n) is 4.14. The van der Waals surface area contributed by atoms with Crippen molar-refractivity contribution in [1.82, 2.24) is 24.7 Å². The molecular weight excluding hydrogens is 280 g/mol. The van der Waals surface area contributed by atoms with Crippen LogP contribution in [0, 0.1) is 0 Å². The number of hydrogen-bond donors (Lipinski definition) is 1. The van der Waals surface area contributed by atoms with Crippen molar-refractivity contribution in [3.63, 3.8) is 0 Å². The first-order chi connectivity index (χ1) is 9.48. The van der Waals surface area contributed by atoms with Crippen molar-refractivity contribution in [2.45, 2.75) is 5.16 Å². The Morgan fingerprint density at radius 1 is 1.15 bits per heavy atom. The summed E-state index contributed by atoms with van der Waals surface area (Å²) in [5.41, 5.74) is 1.94. The van der Waals surface area contributed by atoms with Gasteiger partial charge in [0.15, 0.2) is 5.82 Å². The van der Waals surface area contributed by atoms with Crippen LogP contribution in [-0.4, -0.2) is 33.2 Å². The van der Waals surface area contributed by atoms with Crippen molar-refractivity contribution in [1.29, 1.82) is 0 Å². The molecule has 0 radical (unpaired) electrons. The zero-order chi connectivity index (χ0) is 14.3. The molecule has 0 fully saturated rings. The topological polar surface area (TPSA) is 117 Å². The summed E-state index contributed by atoms with van der Waals surface area (Å²) in [4.78, 5) is 8.44. The van der Waals surface area contributed by atoms with Crippen molar-refractivity contribution in [2.24, 2.45) is 12.2 Å². The predicted molar refractivity (Wildman–Crippen MR) is 70.9 cm³/mol. The van der Waals surface area contributed by atoms with Crippen LogP contribution in [0.2, 0.25) is 0 Å². The van der Waals surface area contributed by atoms with Gasteiger partial charge in [0, 0.05) is 25.0 Å². The fourth-order valence-electron chi connectivity index (χ4n) is 1.97. The molecule has 0 aliphatic rings. The van der Waals surface area contributed by atoms with E-state index in [0.29, 0.717) is 22.4 Å². The van der Waals surface area contributed by atoms with E-state index in [1.165, 1.54) is 11.6 Å². The first kappa shape index (κ1) is 12.6. The average molecular weight is 290 g/mol. The molecule has 0 unspecified atom stereocenters. The SMILES string of the molecule is Cn1c(-c2cccc3nccnc23)nnc1S(N)(=O)=O. The van der Waals surface area contributed by atoms with Gasteiger partial charge in [0.25, 0.3) is 15.2 Å². The fraction of sp³-hybridized carbons (Fsp3) is 0.0909. The number of primary sulfonamides is 1. The van der Waals surface area contributed by atoms with Gasteiger partial charge in [-0.3, -0.25) is 14.5 Å². The number of nitrogens with zero attached hydrogens (tertiary/aromatic N) is 5. The molecule has 0 atom stereocenters. The number of fused-ring (bicyclic) bond motifs is 1. The van der Waals surface area contributed by atoms with E-state index in [-0.39, 0.29) is 5.16 Å². The highest BCUT2D eigenvalue weighted by Gasteiger charge is 2.20. The molecule has 0 aliphatic heterocycles. The Kier molecular flexibility index (Phi) is 2.73. The minimum atomic E-state index is -3.92. The normalized spacial score (nSPS) is 11.9. The molecule has 0 saturated heterocycles. The lowest BCUT2D eigenvalue weighted by Gasteiger charge is -2.05. The summed E-state index contributed by atoms with van der Waals surface area (Å²) in [6, 6.07) is 5.37. The van der Waals surface area contributed by atoms with Crippen molar-refractivity contribution in [3.8, 4) is 11.4 Å². The highest BCUT2D eigenvalue weighted by molar-refractivity contribution is 7.89. The van der Waals surface area contributed by atoms with E-state index in [9.17, 15) is 8.42 Å². The van der Waals surface area contributed by atoms with Gasteiger partial charge in [-0.05, 0) is 12.1 Å². The van der Waals surface area contributed by atoms with Crippen LogP contribution in [0.15, 0.2) is 35.7 Å². The number of hydrogen-bond acceptors (Lipinski definition) is 6. The van der Waals surface area contributed by atoms with E-state index in [0.717, 1.165) is 0 Å². The maximum Gasteiger partial charge on any atom is 0.273 e. The molecule has 1 aromatic carbocycles. The number of sulfonamides is 1. The van der Waals surface area contributed by atoms with Crippen molar-refractivity contribution in [3.05, 3.63) is 30.6 Å². The van der Waals surface area contributed by atoms with Crippen LogP contribution >= 0.6 is 0 Å². The molecule has 3 aromatic rings. The average Bonchev–Trinajstić information content (AvgIpc) is 2.80. The maximum atomic E-state index is 11.4. The molecule has 2 N–H and O–H groups in total. The van der Waals surface area contributed by atoms with E-state index in [4.69, 9.17) is 5.14 Å². The largest absolute Gasteiger partial charge is 0.300 e. The Morgan fingerprint density at radius 2 is 1.90 bits per heavy atom. The number of nitrogens with two attached hydrogens (primary N) is 1. The third-order valence-corrected chi connectivity index (χ3v) is 3.69. The summed E-state index contributed by atoms with van der Waals surface area (Å²) >= 11 is 0. The molecule has 0 bridgehead atoms. The Balaban J connectivity index is 2.30. The lowest BCUT2D eigenvalue weighted by molar-refractivity contribution is 0.580. The smallest absolute Gasteiger partial charge is 0.273 e. The van der Waals surface area contributed by atoms with E-state index in [1.807, 2.05) is 6.07 Å². The third kappa shape index (κ3) is 1.92. The van der Waals surface area contributed by atoms with E-state index < -0.39 is 10.0 Å². The van der Waals surface area contributed by atoms with E-state index >= 15 is 0 Å². The summed E-state index contributed by atoms with van der Waals surface area (Å²) in [6.07, 6.45) is 3.14. The fourth-order valence-corrected chi connectivity index (χ4v) is 2.59. The lowest BCUT2D eigenvalue weighted by atomic mass is 10.1. The van der Waals surface area contributed by atoms with Crippen molar-refractivity contribution < 1.29 is 8.42 Å². The van der Waals surface area contributed by atoms with Gasteiger partial charge in [-0.1, -0.05) is 6.07 Å². The minimum Gasteiger partial charge on any atom is -0.300 e. The molecule has 2 heterocycles. The maximum absolute atomic E-state index is 11.4. The Morgan fingerprint density at radius 3 is 2.60 bits per heavy atom. The Hall–Kier alpha value is -2.39. The van der Waals surface area contributed by atoms with Gasteiger partial charge in [-0.2, -0.15) is 0 Å². The van der Waals surface area contributed by atoms with Crippen LogP contribution in [0.3, 0.4) is 0 Å². The highest BCUT2D eigenvalue weighted by Crippen LogP contribution is 2.25. The molecule has 2 aromatic heterocycles. The lowest BCUT2D eigenvalue weighted by Crippen LogP contribution is -2.17. The molecule has 3 rings (SSSR count). The standard InChI is InChI=1S/C11H10N6O2S/c1-17-10(15-16-11(17)20(12,18)19)7-3-2-4-8-9(7)14-6-5-13-8/h2-6H,1H3,(H2,12,18,19). The van der Waals surface area contributed by atoms with Crippen LogP contribution < -0.4 is 5.14 Å². The number of benzene rings is 1. The van der Waals surface area contributed by atoms with Gasteiger partial charge >= 0.3 is 0 Å². The first-order valence-electron chi connectivity index (χ1n) is 5.61. The zero-order valence-corrected chi connectivity index (χ0v) is 11.2. The summed E-state index contributed by atoms with van der Waals surface area (Å²) in [5, 5.41) is 12.3. The van der Waals surface area contributed by atoms with Crippen LogP contribution in [0.4, 0.5) is 0 Å². The second-order valence-corrected chi connectivity index (χ2v) is 5.60. The van der Waals surface area contributed by atoms with Crippen LogP contribution in [0.1, 0.15) is 0 Å². The van der Waals surface area contributed by atoms with Crippen molar-refractivity contribution in [2.75, 3.05) is 0 Å². The minimum absolute atomic E-state index is 0.298.